The number of anilines is 3. The molecule has 1 atom stereocenters. The summed E-state index contributed by atoms with van der Waals surface area (Å²) < 4.78 is 7.62. The number of hydrogen-bond acceptors (Lipinski definition) is 7. The van der Waals surface area contributed by atoms with Gasteiger partial charge in [-0.3, -0.25) is 9.59 Å². The minimum absolute atomic E-state index is 0.0403. The van der Waals surface area contributed by atoms with Gasteiger partial charge in [0.1, 0.15) is 11.6 Å². The standard InChI is InChI=1S/C29H36ClN5O3/c1-3-23(36)18-38-26-15-20-14-21(11-12-25(20)35(28(26)37)22-9-5-4-6-10-22)32-27-24(30)16-31-29(33-27)34-13-7-8-19(2)17-34/h11-12,14-16,19,22H,3-10,13,17-18H2,1-2H3,(H,31,32,33). The molecule has 0 bridgehead atoms. The van der Waals surface area contributed by atoms with Gasteiger partial charge in [-0.2, -0.15) is 4.98 Å². The lowest BCUT2D eigenvalue weighted by Crippen LogP contribution is -2.35. The number of carbonyl (C=O) groups is 1. The van der Waals surface area contributed by atoms with E-state index in [1.54, 1.807) is 19.2 Å². The highest BCUT2D eigenvalue weighted by Gasteiger charge is 2.22. The third-order valence-electron chi connectivity index (χ3n) is 7.66. The quantitative estimate of drug-likeness (QED) is 0.361. The van der Waals surface area contributed by atoms with Crippen molar-refractivity contribution in [2.24, 2.45) is 5.92 Å². The molecule has 0 radical (unpaired) electrons. The fourth-order valence-corrected chi connectivity index (χ4v) is 5.71. The van der Waals surface area contributed by atoms with E-state index >= 15 is 0 Å². The Labute approximate surface area is 228 Å². The molecule has 9 heteroatoms. The summed E-state index contributed by atoms with van der Waals surface area (Å²) in [5, 5.41) is 4.65. The van der Waals surface area contributed by atoms with Gasteiger partial charge in [-0.05, 0) is 55.9 Å². The lowest BCUT2D eigenvalue weighted by Gasteiger charge is -2.31. The Morgan fingerprint density at radius 1 is 1.16 bits per heavy atom. The molecule has 3 aromatic rings. The van der Waals surface area contributed by atoms with Gasteiger partial charge in [0.15, 0.2) is 17.4 Å². The number of piperidine rings is 1. The first-order chi connectivity index (χ1) is 18.4. The van der Waals surface area contributed by atoms with Gasteiger partial charge in [0.05, 0.1) is 11.7 Å². The molecule has 1 saturated carbocycles. The number of ether oxygens (including phenoxy) is 1. The minimum Gasteiger partial charge on any atom is -0.480 e. The molecule has 202 valence electrons. The molecular weight excluding hydrogens is 502 g/mol. The number of halogens is 1. The topological polar surface area (TPSA) is 89.3 Å². The Morgan fingerprint density at radius 3 is 2.74 bits per heavy atom. The van der Waals surface area contributed by atoms with Crippen molar-refractivity contribution in [3.8, 4) is 5.75 Å². The van der Waals surface area contributed by atoms with Crippen LogP contribution in [0.5, 0.6) is 5.75 Å². The molecule has 38 heavy (non-hydrogen) atoms. The predicted molar refractivity (Wildman–Crippen MR) is 152 cm³/mol. The first-order valence-corrected chi connectivity index (χ1v) is 14.2. The molecule has 2 fully saturated rings. The Balaban J connectivity index is 1.49. The van der Waals surface area contributed by atoms with E-state index in [1.165, 1.54) is 12.8 Å². The molecule has 5 rings (SSSR count). The third kappa shape index (κ3) is 5.80. The van der Waals surface area contributed by atoms with E-state index < -0.39 is 0 Å². The number of benzene rings is 1. The summed E-state index contributed by atoms with van der Waals surface area (Å²) in [6.45, 7) is 5.80. The van der Waals surface area contributed by atoms with Crippen LogP contribution >= 0.6 is 11.6 Å². The zero-order chi connectivity index (χ0) is 26.6. The number of rotatable bonds is 8. The molecular formula is C29H36ClN5O3. The number of nitrogens with one attached hydrogen (secondary N) is 1. The maximum absolute atomic E-state index is 13.5. The summed E-state index contributed by atoms with van der Waals surface area (Å²) >= 11 is 6.49. The molecule has 2 aromatic heterocycles. The van der Waals surface area contributed by atoms with E-state index in [1.807, 2.05) is 22.8 Å². The van der Waals surface area contributed by atoms with Crippen LogP contribution in [0.4, 0.5) is 17.5 Å². The van der Waals surface area contributed by atoms with Gasteiger partial charge in [0, 0.05) is 36.6 Å². The van der Waals surface area contributed by atoms with Crippen molar-refractivity contribution in [1.82, 2.24) is 14.5 Å². The largest absolute Gasteiger partial charge is 0.480 e. The van der Waals surface area contributed by atoms with Crippen LogP contribution in [0.3, 0.4) is 0 Å². The molecule has 8 nitrogen and oxygen atoms in total. The van der Waals surface area contributed by atoms with Crippen molar-refractivity contribution < 1.29 is 9.53 Å². The summed E-state index contributed by atoms with van der Waals surface area (Å²) in [7, 11) is 0. The van der Waals surface area contributed by atoms with E-state index in [9.17, 15) is 9.59 Å². The first kappa shape index (κ1) is 26.5. The molecule has 2 aliphatic rings. The van der Waals surface area contributed by atoms with Crippen molar-refractivity contribution in [2.75, 3.05) is 29.9 Å². The molecule has 0 amide bonds. The molecule has 1 aliphatic carbocycles. The Kier molecular flexibility index (Phi) is 8.17. The summed E-state index contributed by atoms with van der Waals surface area (Å²) in [4.78, 5) is 36.8. The molecule has 1 saturated heterocycles. The van der Waals surface area contributed by atoms with Crippen molar-refractivity contribution >= 4 is 45.7 Å². The van der Waals surface area contributed by atoms with E-state index in [-0.39, 0.29) is 29.7 Å². The first-order valence-electron chi connectivity index (χ1n) is 13.8. The van der Waals surface area contributed by atoms with E-state index in [2.05, 4.69) is 22.1 Å². The molecule has 0 spiro atoms. The molecule has 1 aromatic carbocycles. The fraction of sp³-hybridized carbons (Fsp3) is 0.517. The van der Waals surface area contributed by atoms with Crippen molar-refractivity contribution in [1.29, 1.82) is 0 Å². The maximum Gasteiger partial charge on any atom is 0.293 e. The highest BCUT2D eigenvalue weighted by atomic mass is 35.5. The van der Waals surface area contributed by atoms with Crippen LogP contribution < -0.4 is 20.5 Å². The summed E-state index contributed by atoms with van der Waals surface area (Å²) in [5.41, 5.74) is 1.48. The number of fused-ring (bicyclic) bond motifs is 1. The number of carbonyl (C=O) groups excluding carboxylic acids is 1. The highest BCUT2D eigenvalue weighted by Crippen LogP contribution is 2.33. The van der Waals surface area contributed by atoms with Crippen LogP contribution in [-0.2, 0) is 4.79 Å². The van der Waals surface area contributed by atoms with Crippen LogP contribution in [0.25, 0.3) is 10.9 Å². The van der Waals surface area contributed by atoms with Crippen molar-refractivity contribution in [3.05, 3.63) is 45.8 Å². The van der Waals surface area contributed by atoms with Gasteiger partial charge in [-0.25, -0.2) is 4.98 Å². The maximum atomic E-state index is 13.5. The highest BCUT2D eigenvalue weighted by molar-refractivity contribution is 6.32. The van der Waals surface area contributed by atoms with Gasteiger partial charge >= 0.3 is 0 Å². The van der Waals surface area contributed by atoms with Crippen molar-refractivity contribution in [2.45, 2.75) is 71.3 Å². The zero-order valence-electron chi connectivity index (χ0n) is 22.2. The van der Waals surface area contributed by atoms with Crippen LogP contribution in [0.2, 0.25) is 5.02 Å². The van der Waals surface area contributed by atoms with Crippen LogP contribution in [-0.4, -0.2) is 40.0 Å². The lowest BCUT2D eigenvalue weighted by molar-refractivity contribution is -0.120. The van der Waals surface area contributed by atoms with Crippen LogP contribution in [0.15, 0.2) is 35.3 Å². The normalized spacial score (nSPS) is 18.5. The zero-order valence-corrected chi connectivity index (χ0v) is 23.0. The van der Waals surface area contributed by atoms with Gasteiger partial charge < -0.3 is 19.5 Å². The Morgan fingerprint density at radius 2 is 1.97 bits per heavy atom. The number of hydrogen-bond donors (Lipinski definition) is 1. The van der Waals surface area contributed by atoms with Gasteiger partial charge in [-0.15, -0.1) is 0 Å². The van der Waals surface area contributed by atoms with E-state index in [4.69, 9.17) is 21.3 Å². The Hall–Kier alpha value is -3.13. The second kappa shape index (κ2) is 11.7. The monoisotopic (exact) mass is 537 g/mol. The summed E-state index contributed by atoms with van der Waals surface area (Å²) in [5.74, 6) is 1.99. The number of pyridine rings is 1. The van der Waals surface area contributed by atoms with E-state index in [0.717, 1.165) is 61.8 Å². The smallest absolute Gasteiger partial charge is 0.293 e. The number of Topliss-reactive ketones (excluding diaryl/α,β-unsaturated/α-hetero) is 1. The second-order valence-electron chi connectivity index (χ2n) is 10.6. The predicted octanol–water partition coefficient (Wildman–Crippen LogP) is 6.29. The summed E-state index contributed by atoms with van der Waals surface area (Å²) in [6.07, 6.45) is 9.66. The number of aromatic nitrogens is 3. The van der Waals surface area contributed by atoms with Gasteiger partial charge in [0.2, 0.25) is 5.95 Å². The van der Waals surface area contributed by atoms with Crippen LogP contribution in [0, 0.1) is 5.92 Å². The number of ketones is 1. The SMILES string of the molecule is CCC(=O)COc1cc2cc(Nc3nc(N4CCCC(C)C4)ncc3Cl)ccc2n(C2CCCCC2)c1=O. The average Bonchev–Trinajstić information content (AvgIpc) is 2.93. The van der Waals surface area contributed by atoms with Gasteiger partial charge in [-0.1, -0.05) is 44.7 Å². The average molecular weight is 538 g/mol. The molecule has 1 unspecified atom stereocenters. The number of nitrogens with zero attached hydrogens (tertiary/aromatic N) is 4. The van der Waals surface area contributed by atoms with E-state index in [0.29, 0.717) is 29.1 Å². The minimum atomic E-state index is -0.173. The van der Waals surface area contributed by atoms with Gasteiger partial charge in [0.25, 0.3) is 5.56 Å². The second-order valence-corrected chi connectivity index (χ2v) is 11.0. The third-order valence-corrected chi connectivity index (χ3v) is 7.94. The lowest BCUT2D eigenvalue weighted by atomic mass is 9.94. The van der Waals surface area contributed by atoms with Crippen molar-refractivity contribution in [3.63, 3.8) is 0 Å². The molecule has 1 N–H and O–H groups in total. The Bertz CT molecular complexity index is 1370. The summed E-state index contributed by atoms with van der Waals surface area (Å²) in [6, 6.07) is 7.76. The molecule has 3 heterocycles. The fourth-order valence-electron chi connectivity index (χ4n) is 5.57. The van der Waals surface area contributed by atoms with Crippen LogP contribution in [0.1, 0.15) is 71.3 Å². The molecule has 1 aliphatic heterocycles.